The highest BCUT2D eigenvalue weighted by atomic mass is 19.1. The molecule has 0 saturated heterocycles. The molecule has 0 aliphatic rings. The van der Waals surface area contributed by atoms with E-state index in [1.54, 1.807) is 30.3 Å². The molecule has 0 fully saturated rings. The third-order valence-electron chi connectivity index (χ3n) is 2.53. The number of rotatable bonds is 4. The summed E-state index contributed by atoms with van der Waals surface area (Å²) in [6.45, 7) is -0.126. The van der Waals surface area contributed by atoms with Crippen molar-refractivity contribution in [3.63, 3.8) is 0 Å². The molecule has 0 saturated carbocycles. The van der Waals surface area contributed by atoms with Gasteiger partial charge in [-0.15, -0.1) is 0 Å². The van der Waals surface area contributed by atoms with Gasteiger partial charge in [-0.3, -0.25) is 0 Å². The monoisotopic (exact) mass is 248 g/mol. The highest BCUT2D eigenvalue weighted by Crippen LogP contribution is 2.25. The smallest absolute Gasteiger partial charge is 0.165 e. The Morgan fingerprint density at radius 2 is 1.72 bits per heavy atom. The van der Waals surface area contributed by atoms with Crippen LogP contribution in [0.1, 0.15) is 11.7 Å². The molecule has 0 aliphatic heterocycles. The van der Waals surface area contributed by atoms with Crippen molar-refractivity contribution < 1.29 is 19.3 Å². The van der Waals surface area contributed by atoms with Crippen molar-refractivity contribution in [3.05, 3.63) is 59.9 Å². The Balaban J connectivity index is 2.03. The molecule has 0 aromatic heterocycles. The summed E-state index contributed by atoms with van der Waals surface area (Å²) in [5.74, 6) is -0.420. The number of phenols is 1. The lowest BCUT2D eigenvalue weighted by Crippen LogP contribution is -2.10. The van der Waals surface area contributed by atoms with Gasteiger partial charge in [0, 0.05) is 5.56 Å². The highest BCUT2D eigenvalue weighted by molar-refractivity contribution is 5.33. The third kappa shape index (κ3) is 2.78. The highest BCUT2D eigenvalue weighted by Gasteiger charge is 2.13. The Labute approximate surface area is 104 Å². The first-order valence-electron chi connectivity index (χ1n) is 5.52. The summed E-state index contributed by atoms with van der Waals surface area (Å²) in [6.07, 6.45) is -1.01. The lowest BCUT2D eigenvalue weighted by Gasteiger charge is -2.14. The third-order valence-corrected chi connectivity index (χ3v) is 2.53. The van der Waals surface area contributed by atoms with Crippen LogP contribution in [-0.2, 0) is 0 Å². The number of para-hydroxylation sites is 2. The Morgan fingerprint density at radius 1 is 1.06 bits per heavy atom. The minimum Gasteiger partial charge on any atom is -0.508 e. The summed E-state index contributed by atoms with van der Waals surface area (Å²) in [4.78, 5) is 0. The van der Waals surface area contributed by atoms with Crippen molar-refractivity contribution in [2.75, 3.05) is 6.61 Å². The average Bonchev–Trinajstić information content (AvgIpc) is 2.38. The Bertz CT molecular complexity index is 528. The summed E-state index contributed by atoms with van der Waals surface area (Å²) >= 11 is 0. The van der Waals surface area contributed by atoms with Crippen LogP contribution in [0, 0.1) is 5.82 Å². The van der Waals surface area contributed by atoms with Crippen LogP contribution in [0.3, 0.4) is 0 Å². The molecule has 2 rings (SSSR count). The Kier molecular flexibility index (Phi) is 3.79. The summed E-state index contributed by atoms with van der Waals surface area (Å²) in [5.41, 5.74) is 0.355. The standard InChI is InChI=1S/C14H13FO3/c15-11-6-2-4-8-14(11)18-9-13(17)10-5-1-3-7-12(10)16/h1-8,13,16-17H,9H2. The maximum atomic E-state index is 13.3. The van der Waals surface area contributed by atoms with E-state index in [4.69, 9.17) is 4.74 Å². The molecule has 0 radical (unpaired) electrons. The lowest BCUT2D eigenvalue weighted by atomic mass is 10.1. The SMILES string of the molecule is Oc1ccccc1C(O)COc1ccccc1F. The van der Waals surface area contributed by atoms with Crippen molar-refractivity contribution in [1.29, 1.82) is 0 Å². The van der Waals surface area contributed by atoms with Gasteiger partial charge in [0.05, 0.1) is 0 Å². The van der Waals surface area contributed by atoms with Gasteiger partial charge in [0.25, 0.3) is 0 Å². The molecular formula is C14H13FO3. The molecule has 2 aromatic rings. The van der Waals surface area contributed by atoms with Gasteiger partial charge in [-0.2, -0.15) is 0 Å². The van der Waals surface area contributed by atoms with Gasteiger partial charge in [-0.05, 0) is 18.2 Å². The van der Waals surface area contributed by atoms with E-state index in [0.717, 1.165) is 0 Å². The lowest BCUT2D eigenvalue weighted by molar-refractivity contribution is 0.103. The van der Waals surface area contributed by atoms with Gasteiger partial charge in [0.1, 0.15) is 18.5 Å². The summed E-state index contributed by atoms with van der Waals surface area (Å²) in [5, 5.41) is 19.4. The molecule has 2 N–H and O–H groups in total. The second kappa shape index (κ2) is 5.51. The molecule has 4 heteroatoms. The van der Waals surface area contributed by atoms with Crippen LogP contribution in [-0.4, -0.2) is 16.8 Å². The van der Waals surface area contributed by atoms with Crippen molar-refractivity contribution in [2.45, 2.75) is 6.10 Å². The number of aliphatic hydroxyl groups is 1. The van der Waals surface area contributed by atoms with Crippen LogP contribution in [0.5, 0.6) is 11.5 Å². The van der Waals surface area contributed by atoms with E-state index in [1.165, 1.54) is 18.2 Å². The second-order valence-corrected chi connectivity index (χ2v) is 3.82. The number of phenolic OH excluding ortho intramolecular Hbond substituents is 1. The summed E-state index contributed by atoms with van der Waals surface area (Å²) in [7, 11) is 0. The van der Waals surface area contributed by atoms with E-state index in [9.17, 15) is 14.6 Å². The van der Waals surface area contributed by atoms with Crippen LogP contribution < -0.4 is 4.74 Å². The minimum absolute atomic E-state index is 0.0119. The largest absolute Gasteiger partial charge is 0.508 e. The molecule has 18 heavy (non-hydrogen) atoms. The average molecular weight is 248 g/mol. The first kappa shape index (κ1) is 12.4. The molecule has 0 amide bonds. The first-order chi connectivity index (χ1) is 8.68. The normalized spacial score (nSPS) is 12.1. The summed E-state index contributed by atoms with van der Waals surface area (Å²) < 4.78 is 18.4. The Hall–Kier alpha value is -2.07. The summed E-state index contributed by atoms with van der Waals surface area (Å²) in [6, 6.07) is 12.4. The number of halogens is 1. The molecule has 0 bridgehead atoms. The van der Waals surface area contributed by atoms with E-state index >= 15 is 0 Å². The van der Waals surface area contributed by atoms with Crippen LogP contribution in [0.2, 0.25) is 0 Å². The molecule has 2 aromatic carbocycles. The molecule has 3 nitrogen and oxygen atoms in total. The van der Waals surface area contributed by atoms with Gasteiger partial charge >= 0.3 is 0 Å². The van der Waals surface area contributed by atoms with E-state index < -0.39 is 11.9 Å². The molecule has 94 valence electrons. The van der Waals surface area contributed by atoms with Gasteiger partial charge in [0.2, 0.25) is 0 Å². The van der Waals surface area contributed by atoms with Crippen molar-refractivity contribution in [1.82, 2.24) is 0 Å². The molecular weight excluding hydrogens is 235 g/mol. The van der Waals surface area contributed by atoms with Crippen molar-refractivity contribution in [3.8, 4) is 11.5 Å². The first-order valence-corrected chi connectivity index (χ1v) is 5.52. The van der Waals surface area contributed by atoms with Crippen molar-refractivity contribution >= 4 is 0 Å². The van der Waals surface area contributed by atoms with Gasteiger partial charge < -0.3 is 14.9 Å². The number of ether oxygens (including phenoxy) is 1. The molecule has 0 spiro atoms. The maximum Gasteiger partial charge on any atom is 0.165 e. The van der Waals surface area contributed by atoms with E-state index in [-0.39, 0.29) is 18.1 Å². The van der Waals surface area contributed by atoms with E-state index in [2.05, 4.69) is 0 Å². The van der Waals surface area contributed by atoms with E-state index in [0.29, 0.717) is 5.56 Å². The molecule has 1 atom stereocenters. The zero-order valence-corrected chi connectivity index (χ0v) is 9.58. The Morgan fingerprint density at radius 3 is 2.44 bits per heavy atom. The number of aliphatic hydroxyl groups excluding tert-OH is 1. The van der Waals surface area contributed by atoms with Crippen LogP contribution in [0.15, 0.2) is 48.5 Å². The molecule has 0 heterocycles. The fourth-order valence-electron chi connectivity index (χ4n) is 1.59. The second-order valence-electron chi connectivity index (χ2n) is 3.82. The van der Waals surface area contributed by atoms with Gasteiger partial charge in [-0.1, -0.05) is 30.3 Å². The van der Waals surface area contributed by atoms with Crippen LogP contribution >= 0.6 is 0 Å². The maximum absolute atomic E-state index is 13.3. The van der Waals surface area contributed by atoms with Gasteiger partial charge in [0.15, 0.2) is 11.6 Å². The fraction of sp³-hybridized carbons (Fsp3) is 0.143. The minimum atomic E-state index is -1.01. The topological polar surface area (TPSA) is 49.7 Å². The predicted molar refractivity (Wildman–Crippen MR) is 65.0 cm³/mol. The van der Waals surface area contributed by atoms with Crippen LogP contribution in [0.25, 0.3) is 0 Å². The zero-order chi connectivity index (χ0) is 13.0. The zero-order valence-electron chi connectivity index (χ0n) is 9.58. The number of benzene rings is 2. The number of aromatic hydroxyl groups is 1. The molecule has 0 aliphatic carbocycles. The quantitative estimate of drug-likeness (QED) is 0.874. The number of hydrogen-bond donors (Lipinski definition) is 2. The van der Waals surface area contributed by atoms with E-state index in [1.807, 2.05) is 0 Å². The number of hydrogen-bond acceptors (Lipinski definition) is 3. The molecule has 1 unspecified atom stereocenters. The van der Waals surface area contributed by atoms with Gasteiger partial charge in [-0.25, -0.2) is 4.39 Å². The van der Waals surface area contributed by atoms with Crippen molar-refractivity contribution in [2.24, 2.45) is 0 Å². The van der Waals surface area contributed by atoms with Crippen LogP contribution in [0.4, 0.5) is 4.39 Å². The predicted octanol–water partition coefficient (Wildman–Crippen LogP) is 2.64. The fourth-order valence-corrected chi connectivity index (χ4v) is 1.59.